The van der Waals surface area contributed by atoms with Crippen molar-refractivity contribution in [1.82, 2.24) is 10.0 Å². The molecular formula is C26H30F6N4O5S. The second-order valence-corrected chi connectivity index (χ2v) is 11.9. The standard InChI is InChI=1S/C26H30F6N4O5S/c1-42(39,40)36-23(38)21-19(20(33)10-12-34-15-16-4-2-5-16)14-24(26(30,31)32,35-22(21)37)17-6-8-18(9-7-17)41-13-3-11-25(27,28)29/h6-10,12,16H,2-5,11,13-15,33H2,1H3,(H,35,37)(H,36,38)/t24-/m0/s1. The topological polar surface area (TPSA) is 140 Å². The summed E-state index contributed by atoms with van der Waals surface area (Å²) >= 11 is 0. The van der Waals surface area contributed by atoms with E-state index in [1.54, 1.807) is 4.72 Å². The van der Waals surface area contributed by atoms with Crippen molar-refractivity contribution < 1.29 is 49.1 Å². The maximum atomic E-state index is 14.7. The number of nitrogens with two attached hydrogens (primary N) is 1. The van der Waals surface area contributed by atoms with Crippen LogP contribution in [0.2, 0.25) is 0 Å². The highest BCUT2D eigenvalue weighted by Gasteiger charge is 2.60. The van der Waals surface area contributed by atoms with Gasteiger partial charge in [-0.15, -0.1) is 0 Å². The van der Waals surface area contributed by atoms with Crippen LogP contribution in [0, 0.1) is 5.92 Å². The molecule has 1 saturated carbocycles. The first-order valence-corrected chi connectivity index (χ1v) is 14.7. The molecule has 0 aromatic heterocycles. The lowest BCUT2D eigenvalue weighted by atomic mass is 9.77. The lowest BCUT2D eigenvalue weighted by Gasteiger charge is -2.41. The van der Waals surface area contributed by atoms with Crippen molar-refractivity contribution in [2.75, 3.05) is 19.4 Å². The molecule has 1 aliphatic heterocycles. The normalized spacial score (nSPS) is 20.8. The van der Waals surface area contributed by atoms with Gasteiger partial charge in [-0.2, -0.15) is 26.3 Å². The second kappa shape index (κ2) is 12.8. The first-order chi connectivity index (χ1) is 19.4. The summed E-state index contributed by atoms with van der Waals surface area (Å²) in [6.45, 7) is 0.122. The van der Waals surface area contributed by atoms with Crippen molar-refractivity contribution in [3.8, 4) is 5.75 Å². The predicted octanol–water partition coefficient (Wildman–Crippen LogP) is 3.77. The number of ether oxygens (including phenoxy) is 1. The maximum absolute atomic E-state index is 14.7. The highest BCUT2D eigenvalue weighted by Crippen LogP contribution is 2.47. The molecule has 0 unspecified atom stereocenters. The zero-order chi connectivity index (χ0) is 31.3. The predicted molar refractivity (Wildman–Crippen MR) is 141 cm³/mol. The van der Waals surface area contributed by atoms with E-state index in [-0.39, 0.29) is 18.8 Å². The molecule has 1 aliphatic carbocycles. The van der Waals surface area contributed by atoms with Crippen molar-refractivity contribution in [3.63, 3.8) is 0 Å². The Labute approximate surface area is 238 Å². The third kappa shape index (κ3) is 8.49. The fourth-order valence-corrected chi connectivity index (χ4v) is 4.86. The Morgan fingerprint density at radius 2 is 1.83 bits per heavy atom. The van der Waals surface area contributed by atoms with Gasteiger partial charge in [-0.3, -0.25) is 14.6 Å². The molecule has 1 heterocycles. The number of aliphatic imine (C=N–C) groups is 1. The first kappa shape index (κ1) is 32.9. The number of sulfonamides is 1. The van der Waals surface area contributed by atoms with Crippen LogP contribution in [0.25, 0.3) is 0 Å². The van der Waals surface area contributed by atoms with Crippen LogP contribution in [0.15, 0.2) is 52.2 Å². The highest BCUT2D eigenvalue weighted by molar-refractivity contribution is 7.89. The minimum atomic E-state index is -5.15. The number of nitrogens with one attached hydrogen (secondary N) is 2. The van der Waals surface area contributed by atoms with E-state index >= 15 is 0 Å². The van der Waals surface area contributed by atoms with E-state index in [4.69, 9.17) is 10.5 Å². The Hall–Kier alpha value is -3.56. The number of benzene rings is 1. The van der Waals surface area contributed by atoms with E-state index in [2.05, 4.69) is 4.99 Å². The summed E-state index contributed by atoms with van der Waals surface area (Å²) in [5.41, 5.74) is 0.601. The molecule has 0 radical (unpaired) electrons. The average molecular weight is 625 g/mol. The van der Waals surface area contributed by atoms with Gasteiger partial charge >= 0.3 is 12.4 Å². The molecule has 2 aliphatic rings. The number of nitrogens with zero attached hydrogens (tertiary/aromatic N) is 1. The molecule has 9 nitrogen and oxygen atoms in total. The Balaban J connectivity index is 1.98. The van der Waals surface area contributed by atoms with Crippen LogP contribution < -0.4 is 20.5 Å². The second-order valence-electron chi connectivity index (χ2n) is 10.1. The lowest BCUT2D eigenvalue weighted by Crippen LogP contribution is -2.60. The van der Waals surface area contributed by atoms with Crippen LogP contribution in [0.1, 0.15) is 44.1 Å². The number of amides is 2. The average Bonchev–Trinajstić information content (AvgIpc) is 2.82. The summed E-state index contributed by atoms with van der Waals surface area (Å²) in [4.78, 5) is 30.0. The van der Waals surface area contributed by atoms with Crippen LogP contribution in [0.5, 0.6) is 5.75 Å². The number of carbonyl (C=O) groups excluding carboxylic acids is 2. The van der Waals surface area contributed by atoms with Gasteiger partial charge in [0.15, 0.2) is 5.54 Å². The summed E-state index contributed by atoms with van der Waals surface area (Å²) in [6.07, 6.45) is -6.01. The van der Waals surface area contributed by atoms with Gasteiger partial charge in [0, 0.05) is 31.3 Å². The van der Waals surface area contributed by atoms with E-state index in [1.165, 1.54) is 6.21 Å². The molecule has 0 spiro atoms. The summed E-state index contributed by atoms with van der Waals surface area (Å²) in [5.74, 6) is -2.62. The largest absolute Gasteiger partial charge is 0.494 e. The van der Waals surface area contributed by atoms with Crippen LogP contribution in [-0.4, -0.2) is 58.2 Å². The molecule has 0 saturated heterocycles. The number of carbonyl (C=O) groups is 2. The van der Waals surface area contributed by atoms with E-state index in [0.717, 1.165) is 49.6 Å². The Morgan fingerprint density at radius 3 is 2.36 bits per heavy atom. The number of alkyl halides is 6. The summed E-state index contributed by atoms with van der Waals surface area (Å²) in [6, 6.07) is 4.16. The minimum Gasteiger partial charge on any atom is -0.494 e. The third-order valence-corrected chi connectivity index (χ3v) is 7.36. The van der Waals surface area contributed by atoms with Crippen LogP contribution in [-0.2, 0) is 25.2 Å². The molecule has 16 heteroatoms. The van der Waals surface area contributed by atoms with Crippen LogP contribution in [0.4, 0.5) is 26.3 Å². The Bertz CT molecular complexity index is 1370. The van der Waals surface area contributed by atoms with Crippen molar-refractivity contribution in [1.29, 1.82) is 0 Å². The molecular weight excluding hydrogens is 594 g/mol. The molecule has 4 N–H and O–H groups in total. The van der Waals surface area contributed by atoms with E-state index in [0.29, 0.717) is 18.7 Å². The minimum absolute atomic E-state index is 0.00791. The van der Waals surface area contributed by atoms with Crippen LogP contribution in [0.3, 0.4) is 0 Å². The molecule has 232 valence electrons. The third-order valence-electron chi connectivity index (χ3n) is 6.80. The van der Waals surface area contributed by atoms with Crippen molar-refractivity contribution >= 4 is 28.1 Å². The molecule has 42 heavy (non-hydrogen) atoms. The molecule has 1 aromatic carbocycles. The SMILES string of the molecule is CS(=O)(=O)NC(=O)C1=C(C(N)=CC=NCC2CCC2)C[C@](c2ccc(OCCCC(F)(F)F)cc2)(C(F)(F)F)NC1=O. The summed E-state index contributed by atoms with van der Waals surface area (Å²) in [7, 11) is -4.20. The molecule has 1 aromatic rings. The summed E-state index contributed by atoms with van der Waals surface area (Å²) < 4.78 is 111. The molecule has 0 bridgehead atoms. The van der Waals surface area contributed by atoms with Crippen molar-refractivity contribution in [2.24, 2.45) is 16.6 Å². The van der Waals surface area contributed by atoms with E-state index in [9.17, 15) is 44.3 Å². The van der Waals surface area contributed by atoms with Gasteiger partial charge in [0.25, 0.3) is 11.8 Å². The first-order valence-electron chi connectivity index (χ1n) is 12.8. The number of allylic oxidation sites excluding steroid dienone is 2. The lowest BCUT2D eigenvalue weighted by molar-refractivity contribution is -0.203. The Morgan fingerprint density at radius 1 is 1.19 bits per heavy atom. The number of rotatable bonds is 11. The zero-order valence-electron chi connectivity index (χ0n) is 22.4. The zero-order valence-corrected chi connectivity index (χ0v) is 23.3. The van der Waals surface area contributed by atoms with Crippen LogP contribution >= 0.6 is 0 Å². The fourth-order valence-electron chi connectivity index (χ4n) is 4.42. The number of hydrogen-bond donors (Lipinski definition) is 3. The fraction of sp³-hybridized carbons (Fsp3) is 0.500. The quantitative estimate of drug-likeness (QED) is 0.148. The monoisotopic (exact) mass is 624 g/mol. The molecule has 3 rings (SSSR count). The van der Waals surface area contributed by atoms with Gasteiger partial charge in [-0.25, -0.2) is 13.1 Å². The van der Waals surface area contributed by atoms with Gasteiger partial charge in [-0.05, 0) is 54.5 Å². The molecule has 1 atom stereocenters. The molecule has 2 amide bonds. The number of halogens is 6. The van der Waals surface area contributed by atoms with E-state index in [1.807, 2.05) is 5.32 Å². The van der Waals surface area contributed by atoms with Gasteiger partial charge in [0.1, 0.15) is 11.3 Å². The summed E-state index contributed by atoms with van der Waals surface area (Å²) in [5, 5.41) is 1.81. The Kier molecular flexibility index (Phi) is 10.0. The maximum Gasteiger partial charge on any atom is 0.416 e. The van der Waals surface area contributed by atoms with E-state index < -0.39 is 75.0 Å². The van der Waals surface area contributed by atoms with Gasteiger partial charge in [0.2, 0.25) is 10.0 Å². The smallest absolute Gasteiger partial charge is 0.416 e. The molecule has 1 fully saturated rings. The van der Waals surface area contributed by atoms with Gasteiger partial charge in [-0.1, -0.05) is 18.6 Å². The van der Waals surface area contributed by atoms with Gasteiger partial charge in [0.05, 0.1) is 12.9 Å². The number of hydrogen-bond acceptors (Lipinski definition) is 7. The van der Waals surface area contributed by atoms with Gasteiger partial charge < -0.3 is 15.8 Å². The van der Waals surface area contributed by atoms with Crippen molar-refractivity contribution in [2.45, 2.75) is 56.4 Å². The highest BCUT2D eigenvalue weighted by atomic mass is 32.2. The van der Waals surface area contributed by atoms with Crippen molar-refractivity contribution in [3.05, 3.63) is 52.7 Å².